The molecule has 2 rings (SSSR count). The van der Waals surface area contributed by atoms with Crippen LogP contribution in [0.2, 0.25) is 0 Å². The molecule has 2 N–H and O–H groups in total. The number of nitrogens with one attached hydrogen (secondary N) is 1. The van der Waals surface area contributed by atoms with Crippen LogP contribution in [-0.4, -0.2) is 36.7 Å². The SMILES string of the molecule is O=C(O)CCCNC(=O)c1cccc2c1OCCO2. The summed E-state index contributed by atoms with van der Waals surface area (Å²) in [5, 5.41) is 11.2. The topological polar surface area (TPSA) is 84.9 Å². The first kappa shape index (κ1) is 13.2. The van der Waals surface area contributed by atoms with Crippen LogP contribution in [-0.2, 0) is 4.79 Å². The van der Waals surface area contributed by atoms with Gasteiger partial charge >= 0.3 is 5.97 Å². The van der Waals surface area contributed by atoms with E-state index in [2.05, 4.69) is 5.32 Å². The molecule has 1 aromatic rings. The lowest BCUT2D eigenvalue weighted by Crippen LogP contribution is -2.27. The zero-order valence-corrected chi connectivity index (χ0v) is 10.3. The monoisotopic (exact) mass is 265 g/mol. The average molecular weight is 265 g/mol. The Balaban J connectivity index is 1.97. The first-order chi connectivity index (χ1) is 9.18. The quantitative estimate of drug-likeness (QED) is 0.777. The van der Waals surface area contributed by atoms with Gasteiger partial charge in [0.1, 0.15) is 13.2 Å². The largest absolute Gasteiger partial charge is 0.486 e. The third-order valence-electron chi connectivity index (χ3n) is 2.66. The number of carbonyl (C=O) groups excluding carboxylic acids is 1. The van der Waals surface area contributed by atoms with Gasteiger partial charge in [-0.05, 0) is 18.6 Å². The Morgan fingerprint density at radius 3 is 2.84 bits per heavy atom. The van der Waals surface area contributed by atoms with E-state index in [4.69, 9.17) is 14.6 Å². The molecular weight excluding hydrogens is 250 g/mol. The summed E-state index contributed by atoms with van der Waals surface area (Å²) in [4.78, 5) is 22.3. The number of para-hydroxylation sites is 1. The Morgan fingerprint density at radius 1 is 1.26 bits per heavy atom. The van der Waals surface area contributed by atoms with Gasteiger partial charge in [0.2, 0.25) is 0 Å². The van der Waals surface area contributed by atoms with Crippen LogP contribution < -0.4 is 14.8 Å². The number of aliphatic carboxylic acids is 1. The number of fused-ring (bicyclic) bond motifs is 1. The third-order valence-corrected chi connectivity index (χ3v) is 2.66. The minimum absolute atomic E-state index is 0.0345. The van der Waals surface area contributed by atoms with E-state index in [0.717, 1.165) is 0 Å². The summed E-state index contributed by atoms with van der Waals surface area (Å²) in [5.41, 5.74) is 0.410. The molecule has 0 aromatic heterocycles. The number of hydrogen-bond donors (Lipinski definition) is 2. The summed E-state index contributed by atoms with van der Waals surface area (Å²) < 4.78 is 10.8. The van der Waals surface area contributed by atoms with Crippen molar-refractivity contribution in [2.75, 3.05) is 19.8 Å². The second-order valence-electron chi connectivity index (χ2n) is 4.08. The van der Waals surface area contributed by atoms with E-state index >= 15 is 0 Å². The van der Waals surface area contributed by atoms with Crippen molar-refractivity contribution in [2.45, 2.75) is 12.8 Å². The van der Waals surface area contributed by atoms with Crippen molar-refractivity contribution < 1.29 is 24.2 Å². The first-order valence-electron chi connectivity index (χ1n) is 6.07. The highest BCUT2D eigenvalue weighted by Gasteiger charge is 2.19. The number of carboxylic acids is 1. The molecule has 0 radical (unpaired) electrons. The van der Waals surface area contributed by atoms with Crippen molar-refractivity contribution in [3.8, 4) is 11.5 Å². The zero-order valence-electron chi connectivity index (χ0n) is 10.3. The zero-order chi connectivity index (χ0) is 13.7. The van der Waals surface area contributed by atoms with E-state index in [9.17, 15) is 9.59 Å². The van der Waals surface area contributed by atoms with Gasteiger partial charge < -0.3 is 19.9 Å². The number of hydrogen-bond acceptors (Lipinski definition) is 4. The van der Waals surface area contributed by atoms with Crippen LogP contribution in [0.25, 0.3) is 0 Å². The molecule has 1 heterocycles. The average Bonchev–Trinajstić information content (AvgIpc) is 2.42. The number of ether oxygens (including phenoxy) is 2. The lowest BCUT2D eigenvalue weighted by atomic mass is 10.1. The van der Waals surface area contributed by atoms with Gasteiger partial charge in [-0.15, -0.1) is 0 Å². The standard InChI is InChI=1S/C13H15NO5/c15-11(16)5-2-6-14-13(17)9-3-1-4-10-12(9)19-8-7-18-10/h1,3-4H,2,5-8H2,(H,14,17)(H,15,16). The van der Waals surface area contributed by atoms with Crippen molar-refractivity contribution >= 4 is 11.9 Å². The highest BCUT2D eigenvalue weighted by molar-refractivity contribution is 5.97. The number of carbonyl (C=O) groups is 2. The Kier molecular flexibility index (Phi) is 4.22. The molecule has 6 nitrogen and oxygen atoms in total. The van der Waals surface area contributed by atoms with Gasteiger partial charge in [-0.3, -0.25) is 9.59 Å². The van der Waals surface area contributed by atoms with E-state index in [1.165, 1.54) is 0 Å². The van der Waals surface area contributed by atoms with Gasteiger partial charge in [0.05, 0.1) is 5.56 Å². The molecule has 0 unspecified atom stereocenters. The minimum atomic E-state index is -0.872. The molecule has 1 aromatic carbocycles. The summed E-state index contributed by atoms with van der Waals surface area (Å²) in [5.74, 6) is -0.148. The van der Waals surface area contributed by atoms with Crippen LogP contribution >= 0.6 is 0 Å². The third kappa shape index (κ3) is 3.37. The Hall–Kier alpha value is -2.24. The first-order valence-corrected chi connectivity index (χ1v) is 6.07. The van der Waals surface area contributed by atoms with Gasteiger partial charge in [-0.25, -0.2) is 0 Å². The predicted molar refractivity (Wildman–Crippen MR) is 66.6 cm³/mol. The van der Waals surface area contributed by atoms with E-state index in [-0.39, 0.29) is 12.3 Å². The summed E-state index contributed by atoms with van der Waals surface area (Å²) in [6, 6.07) is 5.12. The fourth-order valence-corrected chi connectivity index (χ4v) is 1.79. The van der Waals surface area contributed by atoms with Crippen LogP contribution in [0.5, 0.6) is 11.5 Å². The van der Waals surface area contributed by atoms with Crippen molar-refractivity contribution in [1.82, 2.24) is 5.32 Å². The van der Waals surface area contributed by atoms with Crippen LogP contribution in [0.15, 0.2) is 18.2 Å². The van der Waals surface area contributed by atoms with Gasteiger partial charge in [0, 0.05) is 13.0 Å². The molecule has 0 spiro atoms. The van der Waals surface area contributed by atoms with Crippen molar-refractivity contribution in [3.63, 3.8) is 0 Å². The lowest BCUT2D eigenvalue weighted by molar-refractivity contribution is -0.137. The molecule has 1 aliphatic heterocycles. The number of rotatable bonds is 5. The van der Waals surface area contributed by atoms with Crippen LogP contribution in [0.3, 0.4) is 0 Å². The molecule has 1 amide bonds. The Labute approximate surface area is 110 Å². The van der Waals surface area contributed by atoms with E-state index < -0.39 is 5.97 Å². The molecule has 0 aliphatic carbocycles. The Morgan fingerprint density at radius 2 is 2.05 bits per heavy atom. The molecule has 0 saturated heterocycles. The van der Waals surface area contributed by atoms with Gasteiger partial charge in [0.25, 0.3) is 5.91 Å². The molecule has 0 fully saturated rings. The number of carboxylic acid groups (broad SMARTS) is 1. The minimum Gasteiger partial charge on any atom is -0.486 e. The second-order valence-corrected chi connectivity index (χ2v) is 4.08. The maximum atomic E-state index is 12.0. The van der Waals surface area contributed by atoms with Crippen molar-refractivity contribution in [2.24, 2.45) is 0 Å². The van der Waals surface area contributed by atoms with Crippen LogP contribution in [0.4, 0.5) is 0 Å². The molecule has 102 valence electrons. The summed E-state index contributed by atoms with van der Waals surface area (Å²) in [7, 11) is 0. The predicted octanol–water partition coefficient (Wildman–Crippen LogP) is 1.05. The molecular formula is C13H15NO5. The highest BCUT2D eigenvalue weighted by atomic mass is 16.6. The molecule has 1 aliphatic rings. The lowest BCUT2D eigenvalue weighted by Gasteiger charge is -2.20. The van der Waals surface area contributed by atoms with Crippen molar-refractivity contribution in [3.05, 3.63) is 23.8 Å². The molecule has 0 saturated carbocycles. The van der Waals surface area contributed by atoms with Gasteiger partial charge in [0.15, 0.2) is 11.5 Å². The smallest absolute Gasteiger partial charge is 0.303 e. The van der Waals surface area contributed by atoms with E-state index in [0.29, 0.717) is 43.2 Å². The maximum Gasteiger partial charge on any atom is 0.303 e. The Bertz CT molecular complexity index is 486. The highest BCUT2D eigenvalue weighted by Crippen LogP contribution is 2.33. The fraction of sp³-hybridized carbons (Fsp3) is 0.385. The van der Waals surface area contributed by atoms with Crippen LogP contribution in [0.1, 0.15) is 23.2 Å². The molecule has 6 heteroatoms. The number of benzene rings is 1. The van der Waals surface area contributed by atoms with Crippen LogP contribution in [0, 0.1) is 0 Å². The fourth-order valence-electron chi connectivity index (χ4n) is 1.79. The molecule has 19 heavy (non-hydrogen) atoms. The van der Waals surface area contributed by atoms with Gasteiger partial charge in [-0.1, -0.05) is 6.07 Å². The maximum absolute atomic E-state index is 12.0. The van der Waals surface area contributed by atoms with E-state index in [1.807, 2.05) is 0 Å². The van der Waals surface area contributed by atoms with Gasteiger partial charge in [-0.2, -0.15) is 0 Å². The molecule has 0 atom stereocenters. The summed E-state index contributed by atoms with van der Waals surface area (Å²) in [6.45, 7) is 1.20. The van der Waals surface area contributed by atoms with E-state index in [1.54, 1.807) is 18.2 Å². The molecule has 0 bridgehead atoms. The van der Waals surface area contributed by atoms with Crippen molar-refractivity contribution in [1.29, 1.82) is 0 Å². The number of amides is 1. The summed E-state index contributed by atoms with van der Waals surface area (Å²) >= 11 is 0. The second kappa shape index (κ2) is 6.08. The normalized spacial score (nSPS) is 12.8. The summed E-state index contributed by atoms with van der Waals surface area (Å²) in [6.07, 6.45) is 0.431.